The first-order chi connectivity index (χ1) is 7.85. The SMILES string of the molecule is C=CCSP(C)(=O)Oc1cc(Cl)c(Cl)cc1Cl. The zero-order valence-electron chi connectivity index (χ0n) is 8.95. The van der Waals surface area contributed by atoms with Gasteiger partial charge in [0.15, 0.2) is 0 Å². The van der Waals surface area contributed by atoms with Crippen LogP contribution in [-0.4, -0.2) is 12.4 Å². The lowest BCUT2D eigenvalue weighted by Gasteiger charge is -2.15. The molecule has 7 heteroatoms. The minimum atomic E-state index is -2.83. The summed E-state index contributed by atoms with van der Waals surface area (Å²) in [7, 11) is 0. The second-order valence-electron chi connectivity index (χ2n) is 3.14. The second kappa shape index (κ2) is 6.40. The van der Waals surface area contributed by atoms with Crippen LogP contribution in [-0.2, 0) is 4.57 Å². The van der Waals surface area contributed by atoms with Crippen LogP contribution < -0.4 is 4.52 Å². The van der Waals surface area contributed by atoms with Gasteiger partial charge in [0, 0.05) is 18.5 Å². The van der Waals surface area contributed by atoms with E-state index in [1.807, 2.05) is 0 Å². The van der Waals surface area contributed by atoms with Crippen molar-refractivity contribution >= 4 is 52.8 Å². The Balaban J connectivity index is 2.91. The third kappa shape index (κ3) is 4.76. The predicted octanol–water partition coefficient (Wildman–Crippen LogP) is 5.77. The topological polar surface area (TPSA) is 26.3 Å². The molecule has 0 radical (unpaired) electrons. The predicted molar refractivity (Wildman–Crippen MR) is 78.3 cm³/mol. The molecule has 17 heavy (non-hydrogen) atoms. The highest BCUT2D eigenvalue weighted by Crippen LogP contribution is 2.57. The molecule has 0 aliphatic heterocycles. The van der Waals surface area contributed by atoms with Crippen molar-refractivity contribution in [3.8, 4) is 5.75 Å². The Hall–Kier alpha value is 0.210. The maximum absolute atomic E-state index is 12.0. The van der Waals surface area contributed by atoms with Crippen LogP contribution in [0.4, 0.5) is 0 Å². The van der Waals surface area contributed by atoms with Crippen molar-refractivity contribution < 1.29 is 9.09 Å². The van der Waals surface area contributed by atoms with Crippen molar-refractivity contribution in [2.45, 2.75) is 0 Å². The van der Waals surface area contributed by atoms with Crippen LogP contribution in [0.25, 0.3) is 0 Å². The number of hydrogen-bond donors (Lipinski definition) is 0. The summed E-state index contributed by atoms with van der Waals surface area (Å²) in [5.74, 6) is 0.802. The van der Waals surface area contributed by atoms with E-state index < -0.39 is 6.57 Å². The van der Waals surface area contributed by atoms with Gasteiger partial charge in [-0.2, -0.15) is 0 Å². The normalized spacial score (nSPS) is 14.1. The van der Waals surface area contributed by atoms with Crippen LogP contribution in [0.1, 0.15) is 0 Å². The van der Waals surface area contributed by atoms with Crippen molar-refractivity contribution in [2.24, 2.45) is 0 Å². The fraction of sp³-hybridized carbons (Fsp3) is 0.200. The molecule has 0 spiro atoms. The van der Waals surface area contributed by atoms with Gasteiger partial charge < -0.3 is 4.52 Å². The van der Waals surface area contributed by atoms with E-state index in [1.54, 1.807) is 6.08 Å². The van der Waals surface area contributed by atoms with Crippen molar-refractivity contribution in [1.29, 1.82) is 0 Å². The lowest BCUT2D eigenvalue weighted by Crippen LogP contribution is -1.90. The molecule has 0 saturated heterocycles. The number of rotatable bonds is 5. The van der Waals surface area contributed by atoms with Gasteiger partial charge in [0.05, 0.1) is 15.1 Å². The van der Waals surface area contributed by atoms with Crippen LogP contribution in [0, 0.1) is 0 Å². The smallest absolute Gasteiger partial charge is 0.300 e. The summed E-state index contributed by atoms with van der Waals surface area (Å²) in [6.07, 6.45) is 1.65. The Labute approximate surface area is 119 Å². The summed E-state index contributed by atoms with van der Waals surface area (Å²) in [5, 5.41) is 0.911. The highest BCUT2D eigenvalue weighted by molar-refractivity contribution is 8.56. The molecule has 1 aromatic carbocycles. The third-order valence-corrected chi connectivity index (χ3v) is 6.14. The second-order valence-corrected chi connectivity index (χ2v) is 9.45. The summed E-state index contributed by atoms with van der Waals surface area (Å²) >= 11 is 18.7. The minimum Gasteiger partial charge on any atom is -0.434 e. The molecular weight excluding hydrogens is 322 g/mol. The van der Waals surface area contributed by atoms with Crippen LogP contribution in [0.15, 0.2) is 24.8 Å². The van der Waals surface area contributed by atoms with Crippen LogP contribution in [0.2, 0.25) is 15.1 Å². The van der Waals surface area contributed by atoms with Gasteiger partial charge in [-0.25, -0.2) is 0 Å². The molecule has 0 amide bonds. The number of halogens is 3. The largest absolute Gasteiger partial charge is 0.434 e. The Morgan fingerprint density at radius 2 is 1.94 bits per heavy atom. The van der Waals surface area contributed by atoms with Crippen molar-refractivity contribution in [2.75, 3.05) is 12.4 Å². The maximum Gasteiger partial charge on any atom is 0.300 e. The van der Waals surface area contributed by atoms with E-state index in [0.717, 1.165) is 0 Å². The standard InChI is InChI=1S/C10H10Cl3O2PS/c1-3-4-17-16(2,14)15-10-6-8(12)7(11)5-9(10)13/h3,5-6H,1,4H2,2H3. The first-order valence-corrected chi connectivity index (χ1v) is 9.32. The van der Waals surface area contributed by atoms with Gasteiger partial charge in [0.25, 0.3) is 0 Å². The Bertz CT molecular complexity index is 479. The Kier molecular flexibility index (Phi) is 5.75. The first-order valence-electron chi connectivity index (χ1n) is 4.53. The number of benzene rings is 1. The van der Waals surface area contributed by atoms with Gasteiger partial charge in [0.1, 0.15) is 5.75 Å². The molecular formula is C10H10Cl3O2PS. The van der Waals surface area contributed by atoms with E-state index in [2.05, 4.69) is 6.58 Å². The van der Waals surface area contributed by atoms with Crippen LogP contribution in [0.3, 0.4) is 0 Å². The Morgan fingerprint density at radius 3 is 2.53 bits per heavy atom. The fourth-order valence-corrected chi connectivity index (χ4v) is 4.06. The molecule has 1 aromatic rings. The van der Waals surface area contributed by atoms with Crippen molar-refractivity contribution in [3.05, 3.63) is 39.9 Å². The molecule has 0 aliphatic carbocycles. The molecule has 0 aromatic heterocycles. The summed E-state index contributed by atoms with van der Waals surface area (Å²) in [5.41, 5.74) is 0. The van der Waals surface area contributed by atoms with Gasteiger partial charge in [-0.3, -0.25) is 4.57 Å². The third-order valence-electron chi connectivity index (χ3n) is 1.67. The van der Waals surface area contributed by atoms with Crippen LogP contribution >= 0.6 is 52.8 Å². The van der Waals surface area contributed by atoms with E-state index in [1.165, 1.54) is 30.2 Å². The fourth-order valence-electron chi connectivity index (χ4n) is 0.967. The average Bonchev–Trinajstić information content (AvgIpc) is 2.23. The molecule has 1 rings (SSSR count). The highest BCUT2D eigenvalue weighted by Gasteiger charge is 2.20. The highest BCUT2D eigenvalue weighted by atomic mass is 35.5. The van der Waals surface area contributed by atoms with Crippen molar-refractivity contribution in [3.63, 3.8) is 0 Å². The summed E-state index contributed by atoms with van der Waals surface area (Å²) in [6.45, 7) is 2.23. The van der Waals surface area contributed by atoms with Crippen molar-refractivity contribution in [1.82, 2.24) is 0 Å². The molecule has 1 atom stereocenters. The molecule has 0 aliphatic rings. The molecule has 0 fully saturated rings. The molecule has 0 heterocycles. The quantitative estimate of drug-likeness (QED) is 0.389. The zero-order valence-corrected chi connectivity index (χ0v) is 12.9. The molecule has 2 nitrogen and oxygen atoms in total. The summed E-state index contributed by atoms with van der Waals surface area (Å²) < 4.78 is 17.4. The van der Waals surface area contributed by atoms with Crippen LogP contribution in [0.5, 0.6) is 5.75 Å². The molecule has 0 bridgehead atoms. The van der Waals surface area contributed by atoms with Gasteiger partial charge in [-0.05, 0) is 6.07 Å². The summed E-state index contributed by atoms with van der Waals surface area (Å²) in [4.78, 5) is 0. The van der Waals surface area contributed by atoms with E-state index in [4.69, 9.17) is 39.3 Å². The first kappa shape index (κ1) is 15.3. The van der Waals surface area contributed by atoms with Gasteiger partial charge >= 0.3 is 6.57 Å². The maximum atomic E-state index is 12.0. The Morgan fingerprint density at radius 1 is 1.35 bits per heavy atom. The van der Waals surface area contributed by atoms with E-state index in [0.29, 0.717) is 15.8 Å². The molecule has 94 valence electrons. The van der Waals surface area contributed by atoms with E-state index in [-0.39, 0.29) is 10.8 Å². The van der Waals surface area contributed by atoms with Gasteiger partial charge in [0.2, 0.25) is 0 Å². The molecule has 0 N–H and O–H groups in total. The monoisotopic (exact) mass is 330 g/mol. The van der Waals surface area contributed by atoms with E-state index >= 15 is 0 Å². The number of hydrogen-bond acceptors (Lipinski definition) is 3. The van der Waals surface area contributed by atoms with Gasteiger partial charge in [-0.1, -0.05) is 52.3 Å². The average molecular weight is 332 g/mol. The summed E-state index contributed by atoms with van der Waals surface area (Å²) in [6, 6.07) is 2.91. The van der Waals surface area contributed by atoms with Gasteiger partial charge in [-0.15, -0.1) is 6.58 Å². The lowest BCUT2D eigenvalue weighted by molar-refractivity contribution is 0.505. The zero-order chi connectivity index (χ0) is 13.1. The van der Waals surface area contributed by atoms with E-state index in [9.17, 15) is 4.57 Å². The molecule has 0 saturated carbocycles. The minimum absolute atomic E-state index is 0.267. The lowest BCUT2D eigenvalue weighted by atomic mass is 10.3. The molecule has 1 unspecified atom stereocenters.